The highest BCUT2D eigenvalue weighted by Crippen LogP contribution is 2.10. The molecular weight excluding hydrogens is 222 g/mol. The predicted molar refractivity (Wildman–Crippen MR) is 67.1 cm³/mol. The summed E-state index contributed by atoms with van der Waals surface area (Å²) in [5.41, 5.74) is 2.09. The van der Waals surface area contributed by atoms with Crippen LogP contribution in [0.2, 0.25) is 0 Å². The minimum Gasteiger partial charge on any atom is -0.225 e. The van der Waals surface area contributed by atoms with E-state index in [-0.39, 0.29) is 0 Å². The first-order valence-electron chi connectivity index (χ1n) is 5.16. The molecule has 0 radical (unpaired) electrons. The summed E-state index contributed by atoms with van der Waals surface area (Å²) in [7, 11) is -3.53. The minimum atomic E-state index is -3.53. The van der Waals surface area contributed by atoms with Crippen LogP contribution in [0.4, 0.5) is 0 Å². The summed E-state index contributed by atoms with van der Waals surface area (Å²) >= 11 is 0. The quantitative estimate of drug-likeness (QED) is 0.875. The zero-order valence-electron chi connectivity index (χ0n) is 9.55. The van der Waals surface area contributed by atoms with Crippen molar-refractivity contribution in [2.45, 2.75) is 20.3 Å². The van der Waals surface area contributed by atoms with Crippen molar-refractivity contribution in [2.24, 2.45) is 11.1 Å². The van der Waals surface area contributed by atoms with Crippen LogP contribution in [-0.2, 0) is 16.4 Å². The van der Waals surface area contributed by atoms with Crippen molar-refractivity contribution in [3.05, 3.63) is 40.8 Å². The molecule has 1 rings (SSSR count). The number of rotatable bonds is 4. The van der Waals surface area contributed by atoms with Gasteiger partial charge in [0.05, 0.1) is 0 Å². The fourth-order valence-electron chi connectivity index (χ4n) is 1.41. The third-order valence-electron chi connectivity index (χ3n) is 2.07. The molecule has 1 aromatic rings. The van der Waals surface area contributed by atoms with Gasteiger partial charge in [-0.2, -0.15) is 0 Å². The number of nitrogens with two attached hydrogens (primary N) is 1. The van der Waals surface area contributed by atoms with Crippen LogP contribution in [0.5, 0.6) is 0 Å². The molecule has 0 fully saturated rings. The molecule has 2 N–H and O–H groups in total. The molecule has 0 aromatic heterocycles. The van der Waals surface area contributed by atoms with E-state index in [1.165, 1.54) is 11.6 Å². The van der Waals surface area contributed by atoms with Crippen LogP contribution in [-0.4, -0.2) is 8.42 Å². The molecule has 4 heteroatoms. The Balaban J connectivity index is 2.76. The van der Waals surface area contributed by atoms with Crippen molar-refractivity contribution in [3.63, 3.8) is 0 Å². The van der Waals surface area contributed by atoms with Gasteiger partial charge in [0.2, 0.25) is 10.0 Å². The van der Waals surface area contributed by atoms with Crippen molar-refractivity contribution in [1.82, 2.24) is 0 Å². The summed E-state index contributed by atoms with van der Waals surface area (Å²) in [5.74, 6) is 0.616. The number of benzene rings is 1. The summed E-state index contributed by atoms with van der Waals surface area (Å²) in [6.07, 6.45) is 2.52. The van der Waals surface area contributed by atoms with E-state index in [4.69, 9.17) is 5.14 Å². The molecule has 0 aliphatic rings. The van der Waals surface area contributed by atoms with Crippen molar-refractivity contribution in [1.29, 1.82) is 0 Å². The standard InChI is InChI=1S/C12H17NO2S/c1-10(2)9-12-5-3-11(4-6-12)7-8-16(13,14)15/h3-8,10H,9H2,1-2H3,(H2,13,14,15)/b8-7+. The van der Waals surface area contributed by atoms with E-state index in [0.29, 0.717) is 5.92 Å². The SMILES string of the molecule is CC(C)Cc1ccc(/C=C/S(N)(=O)=O)cc1. The van der Waals surface area contributed by atoms with E-state index in [0.717, 1.165) is 17.4 Å². The number of hydrogen-bond acceptors (Lipinski definition) is 2. The van der Waals surface area contributed by atoms with Crippen molar-refractivity contribution < 1.29 is 8.42 Å². The van der Waals surface area contributed by atoms with E-state index in [1.807, 2.05) is 24.3 Å². The summed E-state index contributed by atoms with van der Waals surface area (Å²) < 4.78 is 21.4. The Morgan fingerprint density at radius 3 is 2.25 bits per heavy atom. The second kappa shape index (κ2) is 5.27. The lowest BCUT2D eigenvalue weighted by atomic mass is 10.0. The summed E-state index contributed by atoms with van der Waals surface area (Å²) in [4.78, 5) is 0. The highest BCUT2D eigenvalue weighted by molar-refractivity contribution is 7.92. The lowest BCUT2D eigenvalue weighted by Gasteiger charge is -2.04. The summed E-state index contributed by atoms with van der Waals surface area (Å²) in [6.45, 7) is 4.32. The highest BCUT2D eigenvalue weighted by Gasteiger charge is 1.98. The van der Waals surface area contributed by atoms with Crippen LogP contribution in [0.3, 0.4) is 0 Å². The van der Waals surface area contributed by atoms with Crippen LogP contribution in [0.25, 0.3) is 6.08 Å². The summed E-state index contributed by atoms with van der Waals surface area (Å²) in [6, 6.07) is 7.78. The van der Waals surface area contributed by atoms with Crippen molar-refractivity contribution in [3.8, 4) is 0 Å². The van der Waals surface area contributed by atoms with Crippen LogP contribution in [0.1, 0.15) is 25.0 Å². The maximum atomic E-state index is 10.7. The smallest absolute Gasteiger partial charge is 0.225 e. The fourth-order valence-corrected chi connectivity index (χ4v) is 1.76. The second-order valence-electron chi connectivity index (χ2n) is 4.23. The minimum absolute atomic E-state index is 0.616. The first-order valence-corrected chi connectivity index (χ1v) is 6.77. The molecule has 0 bridgehead atoms. The average Bonchev–Trinajstić information content (AvgIpc) is 2.14. The zero-order valence-corrected chi connectivity index (χ0v) is 10.4. The number of primary sulfonamides is 1. The molecule has 0 atom stereocenters. The van der Waals surface area contributed by atoms with E-state index < -0.39 is 10.0 Å². The molecule has 0 aliphatic carbocycles. The van der Waals surface area contributed by atoms with Crippen LogP contribution in [0, 0.1) is 5.92 Å². The Morgan fingerprint density at radius 2 is 1.81 bits per heavy atom. The Morgan fingerprint density at radius 1 is 1.25 bits per heavy atom. The van der Waals surface area contributed by atoms with Crippen molar-refractivity contribution in [2.75, 3.05) is 0 Å². The average molecular weight is 239 g/mol. The predicted octanol–water partition coefficient (Wildman–Crippen LogP) is 2.14. The van der Waals surface area contributed by atoms with E-state index in [1.54, 1.807) is 0 Å². The lowest BCUT2D eigenvalue weighted by Crippen LogP contribution is -2.06. The monoisotopic (exact) mass is 239 g/mol. The molecule has 3 nitrogen and oxygen atoms in total. The Labute approximate surface area is 97.0 Å². The van der Waals surface area contributed by atoms with Gasteiger partial charge in [0.15, 0.2) is 0 Å². The molecule has 0 amide bonds. The third-order valence-corrected chi connectivity index (χ3v) is 2.59. The van der Waals surface area contributed by atoms with Gasteiger partial charge < -0.3 is 0 Å². The van der Waals surface area contributed by atoms with Gasteiger partial charge in [0.1, 0.15) is 0 Å². The Bertz CT molecular complexity index is 458. The summed E-state index contributed by atoms with van der Waals surface area (Å²) in [5, 5.41) is 5.87. The first kappa shape index (κ1) is 12.9. The van der Waals surface area contributed by atoms with Gasteiger partial charge in [-0.05, 0) is 29.5 Å². The molecule has 1 aromatic carbocycles. The normalized spacial score (nSPS) is 12.5. The number of hydrogen-bond donors (Lipinski definition) is 1. The third kappa shape index (κ3) is 5.09. The Hall–Kier alpha value is -1.13. The van der Waals surface area contributed by atoms with E-state index >= 15 is 0 Å². The van der Waals surface area contributed by atoms with Crippen LogP contribution in [0.15, 0.2) is 29.7 Å². The van der Waals surface area contributed by atoms with E-state index in [9.17, 15) is 8.42 Å². The van der Waals surface area contributed by atoms with Gasteiger partial charge >= 0.3 is 0 Å². The first-order chi connectivity index (χ1) is 7.37. The van der Waals surface area contributed by atoms with Crippen molar-refractivity contribution >= 4 is 16.1 Å². The van der Waals surface area contributed by atoms with Gasteiger partial charge in [0, 0.05) is 5.41 Å². The maximum Gasteiger partial charge on any atom is 0.231 e. The maximum absolute atomic E-state index is 10.7. The highest BCUT2D eigenvalue weighted by atomic mass is 32.2. The van der Waals surface area contributed by atoms with Gasteiger partial charge in [0.25, 0.3) is 0 Å². The molecule has 0 spiro atoms. The largest absolute Gasteiger partial charge is 0.231 e. The van der Waals surface area contributed by atoms with Gasteiger partial charge in [-0.25, -0.2) is 13.6 Å². The molecule has 0 unspecified atom stereocenters. The number of sulfonamides is 1. The zero-order chi connectivity index (χ0) is 12.2. The van der Waals surface area contributed by atoms with Gasteiger partial charge in [-0.15, -0.1) is 0 Å². The van der Waals surface area contributed by atoms with E-state index in [2.05, 4.69) is 13.8 Å². The molecule has 88 valence electrons. The van der Waals surface area contributed by atoms with Gasteiger partial charge in [-0.3, -0.25) is 0 Å². The molecule has 0 heterocycles. The fraction of sp³-hybridized carbons (Fsp3) is 0.333. The van der Waals surface area contributed by atoms with Crippen LogP contribution < -0.4 is 5.14 Å². The Kier molecular flexibility index (Phi) is 4.26. The van der Waals surface area contributed by atoms with Gasteiger partial charge in [-0.1, -0.05) is 38.1 Å². The molecular formula is C12H17NO2S. The molecule has 0 saturated carbocycles. The molecule has 0 saturated heterocycles. The molecule has 0 aliphatic heterocycles. The topological polar surface area (TPSA) is 60.2 Å². The molecule has 16 heavy (non-hydrogen) atoms. The van der Waals surface area contributed by atoms with Crippen LogP contribution >= 0.6 is 0 Å². The second-order valence-corrected chi connectivity index (χ2v) is 5.68. The lowest BCUT2D eigenvalue weighted by molar-refractivity contribution is 0.606.